The van der Waals surface area contributed by atoms with E-state index in [1.807, 2.05) is 0 Å². The predicted molar refractivity (Wildman–Crippen MR) is 108 cm³/mol. The standard InChI is InChI=1S/2C12H19.2ClH.Hf/c2*1-4-7-10-8-11(5-2)12(6-3)9-10;;;/h2*4-8H2,1-3H3;2*1H;/q2*-1;;;+4/p-2. The summed E-state index contributed by atoms with van der Waals surface area (Å²) in [5.74, 6) is 0. The quantitative estimate of drug-likeness (QED) is 0.307. The molecule has 0 atom stereocenters. The van der Waals surface area contributed by atoms with E-state index in [0.717, 1.165) is 12.8 Å². The summed E-state index contributed by atoms with van der Waals surface area (Å²) in [6, 6.07) is 0. The van der Waals surface area contributed by atoms with Crippen LogP contribution < -0.4 is 24.8 Å². The van der Waals surface area contributed by atoms with E-state index < -0.39 is 0 Å². The molecule has 0 bridgehead atoms. The topological polar surface area (TPSA) is 0 Å². The minimum Gasteiger partial charge on any atom is -1.00 e. The minimum atomic E-state index is 0. The second-order valence-electron chi connectivity index (χ2n) is 6.89. The first-order chi connectivity index (χ1) is 11.6. The van der Waals surface area contributed by atoms with Gasteiger partial charge in [-0.15, -0.1) is 12.8 Å². The molecular weight excluding hydrogens is 538 g/mol. The molecule has 0 nitrogen and oxygen atoms in total. The predicted octanol–water partition coefficient (Wildman–Crippen LogP) is 2.08. The van der Waals surface area contributed by atoms with E-state index in [2.05, 4.69) is 53.7 Å². The Hall–Kier alpha value is 0.410. The molecule has 2 aliphatic rings. The van der Waals surface area contributed by atoms with E-state index in [9.17, 15) is 0 Å². The first kappa shape index (κ1) is 32.1. The van der Waals surface area contributed by atoms with Crippen molar-refractivity contribution in [2.24, 2.45) is 0 Å². The number of hydrogen-bond donors (Lipinski definition) is 0. The molecule has 152 valence electrons. The number of hydrogen-bond acceptors (Lipinski definition) is 0. The fraction of sp³-hybridized carbons (Fsp3) is 0.667. The monoisotopic (exact) mass is 576 g/mol. The van der Waals surface area contributed by atoms with Crippen LogP contribution in [0.5, 0.6) is 0 Å². The summed E-state index contributed by atoms with van der Waals surface area (Å²) >= 11 is 0. The van der Waals surface area contributed by atoms with Crippen LogP contribution in [-0.2, 0) is 25.8 Å². The molecule has 2 aliphatic carbocycles. The molecule has 0 aliphatic heterocycles. The fourth-order valence-corrected chi connectivity index (χ4v) is 3.68. The minimum absolute atomic E-state index is 0. The van der Waals surface area contributed by atoms with Crippen LogP contribution in [0.4, 0.5) is 0 Å². The summed E-state index contributed by atoms with van der Waals surface area (Å²) in [4.78, 5) is 0. The van der Waals surface area contributed by atoms with Crippen molar-refractivity contribution in [1.82, 2.24) is 0 Å². The van der Waals surface area contributed by atoms with E-state index in [4.69, 9.17) is 0 Å². The molecule has 0 saturated heterocycles. The van der Waals surface area contributed by atoms with Crippen molar-refractivity contribution in [3.63, 3.8) is 0 Å². The summed E-state index contributed by atoms with van der Waals surface area (Å²) in [6.45, 7) is 13.4. The van der Waals surface area contributed by atoms with Gasteiger partial charge in [0.25, 0.3) is 0 Å². The molecule has 0 saturated carbocycles. The van der Waals surface area contributed by atoms with Crippen LogP contribution in [0.3, 0.4) is 0 Å². The van der Waals surface area contributed by atoms with Gasteiger partial charge in [-0.1, -0.05) is 92.9 Å². The second kappa shape index (κ2) is 18.4. The van der Waals surface area contributed by atoms with Crippen LogP contribution in [0.2, 0.25) is 0 Å². The van der Waals surface area contributed by atoms with Gasteiger partial charge < -0.3 is 24.8 Å². The Bertz CT molecular complexity index is 476. The molecule has 0 aromatic heterocycles. The molecule has 0 heterocycles. The Labute approximate surface area is 201 Å². The van der Waals surface area contributed by atoms with Crippen LogP contribution in [-0.4, -0.2) is 0 Å². The average molecular weight is 576 g/mol. The molecule has 0 spiro atoms. The van der Waals surface area contributed by atoms with E-state index in [-0.39, 0.29) is 50.7 Å². The normalized spacial score (nSPS) is 15.2. The molecule has 0 unspecified atom stereocenters. The Balaban J connectivity index is -0.000000384. The maximum absolute atomic E-state index is 3.54. The van der Waals surface area contributed by atoms with Gasteiger partial charge in [0.2, 0.25) is 0 Å². The molecule has 0 fully saturated rings. The van der Waals surface area contributed by atoms with Crippen LogP contribution >= 0.6 is 0 Å². The van der Waals surface area contributed by atoms with Crippen molar-refractivity contribution in [2.45, 2.75) is 106 Å². The number of rotatable bonds is 8. The van der Waals surface area contributed by atoms with Gasteiger partial charge in [0.05, 0.1) is 0 Å². The third-order valence-electron chi connectivity index (χ3n) is 5.03. The van der Waals surface area contributed by atoms with Gasteiger partial charge in [0, 0.05) is 0 Å². The van der Waals surface area contributed by atoms with Crippen LogP contribution in [0.15, 0.2) is 33.4 Å². The molecule has 0 aromatic carbocycles. The summed E-state index contributed by atoms with van der Waals surface area (Å²) < 4.78 is 0. The molecule has 0 N–H and O–H groups in total. The van der Waals surface area contributed by atoms with Crippen molar-refractivity contribution in [2.75, 3.05) is 0 Å². The van der Waals surface area contributed by atoms with Gasteiger partial charge in [0.1, 0.15) is 0 Å². The van der Waals surface area contributed by atoms with E-state index >= 15 is 0 Å². The van der Waals surface area contributed by atoms with Crippen molar-refractivity contribution in [3.05, 3.63) is 45.6 Å². The SMILES string of the molecule is CCCC1=[C-]C(CC)=C(CC)C1.CCCC1=[C-]C(CC)=C(CC)C1.[Cl-].[Cl-].[Hf+4]. The largest absolute Gasteiger partial charge is 4.00 e. The van der Waals surface area contributed by atoms with Gasteiger partial charge in [0.15, 0.2) is 0 Å². The molecular formula is C24H38Cl2Hf. The zero-order valence-corrected chi connectivity index (χ0v) is 23.4. The Morgan fingerprint density at radius 3 is 1.11 bits per heavy atom. The summed E-state index contributed by atoms with van der Waals surface area (Å²) in [5.41, 5.74) is 9.29. The van der Waals surface area contributed by atoms with Crippen LogP contribution in [0.25, 0.3) is 0 Å². The Morgan fingerprint density at radius 1 is 0.593 bits per heavy atom. The first-order valence-electron chi connectivity index (χ1n) is 10.3. The first-order valence-corrected chi connectivity index (χ1v) is 10.3. The molecule has 27 heavy (non-hydrogen) atoms. The number of halogens is 2. The van der Waals surface area contributed by atoms with E-state index in [1.54, 1.807) is 11.1 Å². The summed E-state index contributed by atoms with van der Waals surface area (Å²) in [7, 11) is 0. The Morgan fingerprint density at radius 2 is 0.926 bits per heavy atom. The van der Waals surface area contributed by atoms with Gasteiger partial charge in [-0.05, 0) is 0 Å². The molecule has 0 radical (unpaired) electrons. The third-order valence-corrected chi connectivity index (χ3v) is 5.03. The van der Waals surface area contributed by atoms with E-state index in [1.165, 1.54) is 73.7 Å². The van der Waals surface area contributed by atoms with Crippen LogP contribution in [0, 0.1) is 12.2 Å². The Kier molecular flexibility index (Phi) is 21.9. The summed E-state index contributed by atoms with van der Waals surface area (Å²) in [6.07, 6.45) is 19.3. The molecule has 3 heteroatoms. The van der Waals surface area contributed by atoms with E-state index in [0.29, 0.717) is 0 Å². The summed E-state index contributed by atoms with van der Waals surface area (Å²) in [5, 5.41) is 0. The van der Waals surface area contributed by atoms with Crippen molar-refractivity contribution >= 4 is 0 Å². The van der Waals surface area contributed by atoms with Crippen molar-refractivity contribution in [1.29, 1.82) is 0 Å². The fourth-order valence-electron chi connectivity index (χ4n) is 3.68. The maximum Gasteiger partial charge on any atom is 4.00 e. The number of allylic oxidation sites excluding steroid dienone is 8. The van der Waals surface area contributed by atoms with Crippen molar-refractivity contribution in [3.8, 4) is 0 Å². The van der Waals surface area contributed by atoms with Gasteiger partial charge in [-0.3, -0.25) is 0 Å². The van der Waals surface area contributed by atoms with Crippen molar-refractivity contribution < 1.29 is 50.7 Å². The van der Waals surface area contributed by atoms with Gasteiger partial charge in [-0.2, -0.15) is 11.1 Å². The van der Waals surface area contributed by atoms with Gasteiger partial charge >= 0.3 is 25.8 Å². The average Bonchev–Trinajstić information content (AvgIpc) is 3.19. The molecule has 0 amide bonds. The second-order valence-corrected chi connectivity index (χ2v) is 6.89. The zero-order valence-electron chi connectivity index (χ0n) is 18.3. The maximum atomic E-state index is 3.54. The van der Waals surface area contributed by atoms with Crippen LogP contribution in [0.1, 0.15) is 106 Å². The van der Waals surface area contributed by atoms with Gasteiger partial charge in [-0.25, -0.2) is 34.4 Å². The zero-order chi connectivity index (χ0) is 17.9. The third kappa shape index (κ3) is 10.7. The molecule has 2 rings (SSSR count). The smallest absolute Gasteiger partial charge is 1.00 e. The molecule has 0 aromatic rings.